The third-order valence-electron chi connectivity index (χ3n) is 2.44. The summed E-state index contributed by atoms with van der Waals surface area (Å²) in [6, 6.07) is -0.634. The minimum Gasteiger partial charge on any atom is -0.341 e. The van der Waals surface area contributed by atoms with Gasteiger partial charge in [-0.15, -0.1) is 0 Å². The highest BCUT2D eigenvalue weighted by Gasteiger charge is 2.28. The van der Waals surface area contributed by atoms with Crippen LogP contribution in [0, 0.1) is 0 Å². The van der Waals surface area contributed by atoms with Crippen LogP contribution in [-0.2, 0) is 4.79 Å². The predicted octanol–water partition coefficient (Wildman–Crippen LogP) is 0.953. The first-order valence-corrected chi connectivity index (χ1v) is 5.96. The van der Waals surface area contributed by atoms with Gasteiger partial charge in [-0.2, -0.15) is 0 Å². The summed E-state index contributed by atoms with van der Waals surface area (Å²) in [5, 5.41) is 5.09. The molecule has 3 amide bonds. The predicted molar refractivity (Wildman–Crippen MR) is 64.2 cm³/mol. The standard InChI is InChI=1S/C9H17N3O2.C2H6/c1-3-12-6-4-5-7(8(12)13)11-9(14)10-2;1-2/h7H,3-6H2,1-2H3,(H2,10,11,14);1-2H3. The summed E-state index contributed by atoms with van der Waals surface area (Å²) in [4.78, 5) is 24.5. The number of carbonyl (C=O) groups is 2. The lowest BCUT2D eigenvalue weighted by Crippen LogP contribution is -2.53. The van der Waals surface area contributed by atoms with E-state index in [1.54, 1.807) is 11.9 Å². The van der Waals surface area contributed by atoms with E-state index in [1.807, 2.05) is 20.8 Å². The van der Waals surface area contributed by atoms with Crippen LogP contribution < -0.4 is 10.6 Å². The molecule has 0 spiro atoms. The van der Waals surface area contributed by atoms with Gasteiger partial charge in [-0.1, -0.05) is 13.8 Å². The summed E-state index contributed by atoms with van der Waals surface area (Å²) in [5.41, 5.74) is 0. The summed E-state index contributed by atoms with van der Waals surface area (Å²) in [6.07, 6.45) is 1.69. The van der Waals surface area contributed by atoms with Crippen molar-refractivity contribution in [2.75, 3.05) is 20.1 Å². The van der Waals surface area contributed by atoms with Crippen molar-refractivity contribution in [3.05, 3.63) is 0 Å². The normalized spacial score (nSPS) is 19.6. The van der Waals surface area contributed by atoms with Crippen molar-refractivity contribution >= 4 is 11.9 Å². The van der Waals surface area contributed by atoms with Crippen molar-refractivity contribution in [2.24, 2.45) is 0 Å². The van der Waals surface area contributed by atoms with E-state index in [-0.39, 0.29) is 18.0 Å². The van der Waals surface area contributed by atoms with Gasteiger partial charge in [-0.25, -0.2) is 4.79 Å². The molecule has 1 fully saturated rings. The highest BCUT2D eigenvalue weighted by molar-refractivity contribution is 5.87. The Kier molecular flexibility index (Phi) is 7.33. The zero-order valence-electron chi connectivity index (χ0n) is 10.7. The number of rotatable bonds is 2. The number of piperidine rings is 1. The quantitative estimate of drug-likeness (QED) is 0.740. The molecule has 1 saturated heterocycles. The lowest BCUT2D eigenvalue weighted by molar-refractivity contribution is -0.135. The molecule has 0 saturated carbocycles. The van der Waals surface area contributed by atoms with Crippen LogP contribution in [0.5, 0.6) is 0 Å². The lowest BCUT2D eigenvalue weighted by atomic mass is 10.1. The Balaban J connectivity index is 0.00000106. The molecule has 1 rings (SSSR count). The molecule has 0 aliphatic carbocycles. The van der Waals surface area contributed by atoms with Crippen molar-refractivity contribution in [2.45, 2.75) is 39.7 Å². The number of amides is 3. The summed E-state index contributed by atoms with van der Waals surface area (Å²) in [5.74, 6) is 0.0300. The topological polar surface area (TPSA) is 61.4 Å². The molecule has 94 valence electrons. The molecular weight excluding hydrogens is 206 g/mol. The monoisotopic (exact) mass is 229 g/mol. The second-order valence-electron chi connectivity index (χ2n) is 3.34. The largest absolute Gasteiger partial charge is 0.341 e. The fraction of sp³-hybridized carbons (Fsp3) is 0.818. The molecule has 1 heterocycles. The third kappa shape index (κ3) is 4.08. The number of likely N-dealkylation sites (tertiary alicyclic amines) is 1. The maximum atomic E-state index is 11.7. The van der Waals surface area contributed by atoms with E-state index >= 15 is 0 Å². The smallest absolute Gasteiger partial charge is 0.315 e. The van der Waals surface area contributed by atoms with Gasteiger partial charge in [0, 0.05) is 20.1 Å². The van der Waals surface area contributed by atoms with Gasteiger partial charge in [-0.3, -0.25) is 4.79 Å². The Bertz CT molecular complexity index is 231. The number of hydrogen-bond acceptors (Lipinski definition) is 2. The molecule has 1 unspecified atom stereocenters. The van der Waals surface area contributed by atoms with E-state index in [4.69, 9.17) is 0 Å². The molecule has 0 aromatic heterocycles. The summed E-state index contributed by atoms with van der Waals surface area (Å²) in [6.45, 7) is 7.46. The SMILES string of the molecule is CC.CCN1CCCC(NC(=O)NC)C1=O. The molecule has 5 heteroatoms. The number of carbonyl (C=O) groups excluding carboxylic acids is 2. The minimum atomic E-state index is -0.344. The fourth-order valence-electron chi connectivity index (χ4n) is 1.62. The Labute approximate surface area is 97.6 Å². The second-order valence-corrected chi connectivity index (χ2v) is 3.34. The fourth-order valence-corrected chi connectivity index (χ4v) is 1.62. The van der Waals surface area contributed by atoms with Crippen molar-refractivity contribution < 1.29 is 9.59 Å². The Morgan fingerprint density at radius 3 is 2.62 bits per heavy atom. The Morgan fingerprint density at radius 1 is 1.50 bits per heavy atom. The van der Waals surface area contributed by atoms with E-state index in [0.717, 1.165) is 19.4 Å². The zero-order chi connectivity index (χ0) is 12.6. The van der Waals surface area contributed by atoms with E-state index in [2.05, 4.69) is 10.6 Å². The van der Waals surface area contributed by atoms with Gasteiger partial charge in [0.15, 0.2) is 0 Å². The summed E-state index contributed by atoms with van der Waals surface area (Å²) >= 11 is 0. The molecule has 0 bridgehead atoms. The molecular formula is C11H23N3O2. The first-order valence-electron chi connectivity index (χ1n) is 5.96. The number of likely N-dealkylation sites (N-methyl/N-ethyl adjacent to an activating group) is 1. The van der Waals surface area contributed by atoms with Crippen molar-refractivity contribution in [3.8, 4) is 0 Å². The number of nitrogens with one attached hydrogen (secondary N) is 2. The highest BCUT2D eigenvalue weighted by atomic mass is 16.2. The van der Waals surface area contributed by atoms with Gasteiger partial charge >= 0.3 is 6.03 Å². The van der Waals surface area contributed by atoms with Crippen LogP contribution in [0.1, 0.15) is 33.6 Å². The van der Waals surface area contributed by atoms with Crippen molar-refractivity contribution in [3.63, 3.8) is 0 Å². The maximum Gasteiger partial charge on any atom is 0.315 e. The summed E-state index contributed by atoms with van der Waals surface area (Å²) in [7, 11) is 1.54. The van der Waals surface area contributed by atoms with Gasteiger partial charge in [-0.05, 0) is 19.8 Å². The molecule has 16 heavy (non-hydrogen) atoms. The molecule has 1 aliphatic heterocycles. The third-order valence-corrected chi connectivity index (χ3v) is 2.44. The number of nitrogens with zero attached hydrogens (tertiary/aromatic N) is 1. The van der Waals surface area contributed by atoms with Crippen LogP contribution in [0.4, 0.5) is 4.79 Å². The van der Waals surface area contributed by atoms with Gasteiger partial charge in [0.05, 0.1) is 0 Å². The molecule has 5 nitrogen and oxygen atoms in total. The van der Waals surface area contributed by atoms with Crippen LogP contribution in [0.15, 0.2) is 0 Å². The maximum absolute atomic E-state index is 11.7. The average molecular weight is 229 g/mol. The first kappa shape index (κ1) is 14.7. The average Bonchev–Trinajstić information content (AvgIpc) is 2.34. The van der Waals surface area contributed by atoms with Gasteiger partial charge in [0.2, 0.25) is 5.91 Å². The molecule has 0 radical (unpaired) electrons. The van der Waals surface area contributed by atoms with Crippen LogP contribution >= 0.6 is 0 Å². The molecule has 0 aromatic carbocycles. The minimum absolute atomic E-state index is 0.0300. The highest BCUT2D eigenvalue weighted by Crippen LogP contribution is 2.10. The Hall–Kier alpha value is -1.26. The Morgan fingerprint density at radius 2 is 2.12 bits per heavy atom. The second kappa shape index (κ2) is 7.96. The molecule has 1 aliphatic rings. The van der Waals surface area contributed by atoms with Crippen LogP contribution in [0.25, 0.3) is 0 Å². The van der Waals surface area contributed by atoms with Crippen molar-refractivity contribution in [1.82, 2.24) is 15.5 Å². The van der Waals surface area contributed by atoms with E-state index in [0.29, 0.717) is 6.54 Å². The molecule has 1 atom stereocenters. The van der Waals surface area contributed by atoms with Gasteiger partial charge < -0.3 is 15.5 Å². The number of hydrogen-bond donors (Lipinski definition) is 2. The molecule has 2 N–H and O–H groups in total. The zero-order valence-corrected chi connectivity index (χ0v) is 10.7. The van der Waals surface area contributed by atoms with Crippen molar-refractivity contribution in [1.29, 1.82) is 0 Å². The summed E-state index contributed by atoms with van der Waals surface area (Å²) < 4.78 is 0. The van der Waals surface area contributed by atoms with E-state index < -0.39 is 0 Å². The lowest BCUT2D eigenvalue weighted by Gasteiger charge is -2.31. The van der Waals surface area contributed by atoms with E-state index in [1.165, 1.54) is 0 Å². The molecule has 0 aromatic rings. The van der Waals surface area contributed by atoms with Gasteiger partial charge in [0.25, 0.3) is 0 Å². The van der Waals surface area contributed by atoms with E-state index in [9.17, 15) is 9.59 Å². The van der Waals surface area contributed by atoms with Crippen LogP contribution in [0.3, 0.4) is 0 Å². The van der Waals surface area contributed by atoms with Crippen LogP contribution in [0.2, 0.25) is 0 Å². The first-order chi connectivity index (χ1) is 7.69. The van der Waals surface area contributed by atoms with Gasteiger partial charge in [0.1, 0.15) is 6.04 Å². The number of urea groups is 1. The van der Waals surface area contributed by atoms with Crippen LogP contribution in [-0.4, -0.2) is 43.0 Å².